The molecule has 6 heteroatoms. The van der Waals surface area contributed by atoms with Gasteiger partial charge in [0.15, 0.2) is 6.61 Å². The topological polar surface area (TPSA) is 46.5 Å². The number of aliphatic carboxylic acids is 1. The highest BCUT2D eigenvalue weighted by molar-refractivity contribution is 7.98. The van der Waals surface area contributed by atoms with E-state index in [1.54, 1.807) is 17.8 Å². The predicted octanol–water partition coefficient (Wildman–Crippen LogP) is 5.37. The lowest BCUT2D eigenvalue weighted by molar-refractivity contribution is -0.139. The maximum Gasteiger partial charge on any atom is 0.341 e. The zero-order valence-corrected chi connectivity index (χ0v) is 15.1. The Morgan fingerprint density at radius 3 is 2.52 bits per heavy atom. The van der Waals surface area contributed by atoms with Crippen LogP contribution >= 0.6 is 35.0 Å². The lowest BCUT2D eigenvalue weighted by Crippen LogP contribution is -2.10. The number of ether oxygens (including phenoxy) is 1. The van der Waals surface area contributed by atoms with Gasteiger partial charge in [0.05, 0.1) is 10.0 Å². The predicted molar refractivity (Wildman–Crippen MR) is 95.1 cm³/mol. The van der Waals surface area contributed by atoms with Crippen LogP contribution in [0, 0.1) is 13.8 Å². The number of halogens is 2. The van der Waals surface area contributed by atoms with E-state index >= 15 is 0 Å². The highest BCUT2D eigenvalue weighted by Gasteiger charge is 2.09. The Bertz CT molecular complexity index is 732. The Labute approximate surface area is 149 Å². The summed E-state index contributed by atoms with van der Waals surface area (Å²) in [5.74, 6) is 0.385. The van der Waals surface area contributed by atoms with Crippen molar-refractivity contribution in [3.63, 3.8) is 0 Å². The molecule has 2 rings (SSSR count). The van der Waals surface area contributed by atoms with Crippen molar-refractivity contribution >= 4 is 40.9 Å². The van der Waals surface area contributed by atoms with Crippen LogP contribution in [-0.2, 0) is 10.5 Å². The number of hydrogen-bond donors (Lipinski definition) is 1. The largest absolute Gasteiger partial charge is 0.482 e. The standard InChI is InChI=1S/C17H16Cl2O3S/c1-10-6-16(11(2)5-15(10)22-8-17(20)21)23-9-12-3-4-13(18)14(19)7-12/h3-7H,8-9H2,1-2H3,(H,20,21). The number of carboxylic acids is 1. The third kappa shape index (κ3) is 5.06. The zero-order chi connectivity index (χ0) is 17.0. The van der Waals surface area contributed by atoms with Gasteiger partial charge in [-0.2, -0.15) is 0 Å². The van der Waals surface area contributed by atoms with Crippen molar-refractivity contribution in [2.45, 2.75) is 24.5 Å². The highest BCUT2D eigenvalue weighted by Crippen LogP contribution is 2.32. The Balaban J connectivity index is 2.09. The number of rotatable bonds is 6. The van der Waals surface area contributed by atoms with Gasteiger partial charge in [-0.1, -0.05) is 29.3 Å². The molecule has 0 amide bonds. The monoisotopic (exact) mass is 370 g/mol. The molecule has 0 atom stereocenters. The molecule has 122 valence electrons. The number of hydrogen-bond acceptors (Lipinski definition) is 3. The van der Waals surface area contributed by atoms with Gasteiger partial charge in [0.1, 0.15) is 5.75 Å². The Hall–Kier alpha value is -1.36. The van der Waals surface area contributed by atoms with Crippen molar-refractivity contribution < 1.29 is 14.6 Å². The van der Waals surface area contributed by atoms with E-state index in [2.05, 4.69) is 0 Å². The van der Waals surface area contributed by atoms with Crippen molar-refractivity contribution in [1.82, 2.24) is 0 Å². The van der Waals surface area contributed by atoms with Gasteiger partial charge < -0.3 is 9.84 Å². The van der Waals surface area contributed by atoms with Crippen molar-refractivity contribution in [2.75, 3.05) is 6.61 Å². The fourth-order valence-electron chi connectivity index (χ4n) is 2.00. The molecule has 0 bridgehead atoms. The summed E-state index contributed by atoms with van der Waals surface area (Å²) in [6.07, 6.45) is 0. The molecule has 0 aliphatic carbocycles. The quantitative estimate of drug-likeness (QED) is 0.694. The summed E-state index contributed by atoms with van der Waals surface area (Å²) in [4.78, 5) is 11.7. The van der Waals surface area contributed by atoms with Gasteiger partial charge in [0.25, 0.3) is 0 Å². The summed E-state index contributed by atoms with van der Waals surface area (Å²) >= 11 is 13.6. The minimum atomic E-state index is -0.986. The van der Waals surface area contributed by atoms with Crippen molar-refractivity contribution in [2.24, 2.45) is 0 Å². The van der Waals surface area contributed by atoms with Crippen LogP contribution < -0.4 is 4.74 Å². The molecule has 0 heterocycles. The Morgan fingerprint density at radius 2 is 1.87 bits per heavy atom. The number of carboxylic acid groups (broad SMARTS) is 1. The van der Waals surface area contributed by atoms with Crippen LogP contribution in [0.25, 0.3) is 0 Å². The fourth-order valence-corrected chi connectivity index (χ4v) is 3.37. The van der Waals surface area contributed by atoms with E-state index < -0.39 is 5.97 Å². The number of carbonyl (C=O) groups is 1. The molecule has 0 fully saturated rings. The van der Waals surface area contributed by atoms with Crippen LogP contribution in [0.4, 0.5) is 0 Å². The van der Waals surface area contributed by atoms with Gasteiger partial charge in [0.2, 0.25) is 0 Å². The maximum atomic E-state index is 10.6. The molecule has 0 aliphatic heterocycles. The van der Waals surface area contributed by atoms with E-state index in [9.17, 15) is 4.79 Å². The average Bonchev–Trinajstić information content (AvgIpc) is 2.49. The average molecular weight is 371 g/mol. The second-order valence-corrected chi connectivity index (χ2v) is 6.93. The maximum absolute atomic E-state index is 10.6. The summed E-state index contributed by atoms with van der Waals surface area (Å²) in [6, 6.07) is 9.49. The van der Waals surface area contributed by atoms with Gasteiger partial charge in [-0.3, -0.25) is 0 Å². The summed E-state index contributed by atoms with van der Waals surface area (Å²) in [5, 5.41) is 9.79. The van der Waals surface area contributed by atoms with Crippen LogP contribution in [0.1, 0.15) is 16.7 Å². The van der Waals surface area contributed by atoms with E-state index in [1.807, 2.05) is 38.1 Å². The Kier molecular flexibility index (Phi) is 6.22. The number of benzene rings is 2. The molecule has 0 saturated heterocycles. The van der Waals surface area contributed by atoms with Crippen molar-refractivity contribution in [3.05, 3.63) is 57.1 Å². The summed E-state index contributed by atoms with van der Waals surface area (Å²) in [7, 11) is 0. The number of aryl methyl sites for hydroxylation is 2. The first-order valence-electron chi connectivity index (χ1n) is 6.89. The molecule has 1 N–H and O–H groups in total. The third-order valence-corrected chi connectivity index (χ3v) is 5.17. The first-order valence-corrected chi connectivity index (χ1v) is 8.63. The molecule has 0 radical (unpaired) electrons. The van der Waals surface area contributed by atoms with E-state index in [1.165, 1.54) is 0 Å². The van der Waals surface area contributed by atoms with Gasteiger partial charge >= 0.3 is 5.97 Å². The molecule has 0 aliphatic rings. The molecule has 0 spiro atoms. The van der Waals surface area contributed by atoms with Crippen LogP contribution in [0.5, 0.6) is 5.75 Å². The Morgan fingerprint density at radius 1 is 1.13 bits per heavy atom. The SMILES string of the molecule is Cc1cc(SCc2ccc(Cl)c(Cl)c2)c(C)cc1OCC(=O)O. The third-order valence-electron chi connectivity index (χ3n) is 3.20. The van der Waals surface area contributed by atoms with E-state index in [4.69, 9.17) is 33.0 Å². The van der Waals surface area contributed by atoms with Crippen LogP contribution in [0.2, 0.25) is 10.0 Å². The van der Waals surface area contributed by atoms with Crippen LogP contribution in [0.15, 0.2) is 35.2 Å². The summed E-state index contributed by atoms with van der Waals surface area (Å²) < 4.78 is 5.28. The smallest absolute Gasteiger partial charge is 0.341 e. The van der Waals surface area contributed by atoms with Crippen LogP contribution in [-0.4, -0.2) is 17.7 Å². The first-order chi connectivity index (χ1) is 10.9. The molecule has 0 unspecified atom stereocenters. The van der Waals surface area contributed by atoms with Gasteiger partial charge in [-0.25, -0.2) is 4.79 Å². The normalized spacial score (nSPS) is 10.6. The molecule has 23 heavy (non-hydrogen) atoms. The zero-order valence-electron chi connectivity index (χ0n) is 12.7. The van der Waals surface area contributed by atoms with Gasteiger partial charge in [-0.15, -0.1) is 11.8 Å². The minimum absolute atomic E-state index is 0.337. The lowest BCUT2D eigenvalue weighted by Gasteiger charge is -2.12. The second kappa shape index (κ2) is 7.95. The van der Waals surface area contributed by atoms with Gasteiger partial charge in [-0.05, 0) is 54.8 Å². The summed E-state index contributed by atoms with van der Waals surface area (Å²) in [5.41, 5.74) is 3.04. The van der Waals surface area contributed by atoms with Crippen molar-refractivity contribution in [3.8, 4) is 5.75 Å². The second-order valence-electron chi connectivity index (χ2n) is 5.10. The summed E-state index contributed by atoms with van der Waals surface area (Å²) in [6.45, 7) is 3.54. The van der Waals surface area contributed by atoms with E-state index in [0.29, 0.717) is 15.8 Å². The van der Waals surface area contributed by atoms with Crippen LogP contribution in [0.3, 0.4) is 0 Å². The van der Waals surface area contributed by atoms with Gasteiger partial charge in [0, 0.05) is 10.6 Å². The lowest BCUT2D eigenvalue weighted by atomic mass is 10.1. The molecule has 2 aromatic rings. The minimum Gasteiger partial charge on any atom is -0.482 e. The number of thioether (sulfide) groups is 1. The molecule has 2 aromatic carbocycles. The highest BCUT2D eigenvalue weighted by atomic mass is 35.5. The molecule has 0 saturated carbocycles. The first kappa shape index (κ1) is 18.0. The van der Waals surface area contributed by atoms with E-state index in [0.717, 1.165) is 27.3 Å². The molecular formula is C17H16Cl2O3S. The fraction of sp³-hybridized carbons (Fsp3) is 0.235. The van der Waals surface area contributed by atoms with Crippen molar-refractivity contribution in [1.29, 1.82) is 0 Å². The molecule has 3 nitrogen and oxygen atoms in total. The molecular weight excluding hydrogens is 355 g/mol. The van der Waals surface area contributed by atoms with E-state index in [-0.39, 0.29) is 6.61 Å². The molecule has 0 aromatic heterocycles.